The van der Waals surface area contributed by atoms with E-state index in [4.69, 9.17) is 19.9 Å². The molecule has 0 bridgehead atoms. The molecule has 4 rings (SSSR count). The summed E-state index contributed by atoms with van der Waals surface area (Å²) >= 11 is 0. The number of nitrogens with zero attached hydrogens (tertiary/aromatic N) is 3. The molecule has 2 aromatic rings. The number of hydrogen-bond donors (Lipinski definition) is 3. The van der Waals surface area contributed by atoms with Crippen molar-refractivity contribution < 1.29 is 48.4 Å². The molecule has 0 radical (unpaired) electrons. The van der Waals surface area contributed by atoms with Gasteiger partial charge in [0.05, 0.1) is 30.8 Å². The second kappa shape index (κ2) is 12.5. The average molecular weight is 587 g/mol. The van der Waals surface area contributed by atoms with Gasteiger partial charge in [-0.25, -0.2) is 9.59 Å². The Labute approximate surface area is 241 Å². The molecule has 1 saturated carbocycles. The lowest BCUT2D eigenvalue weighted by molar-refractivity contribution is -0.163. The highest BCUT2D eigenvalue weighted by Crippen LogP contribution is 2.43. The summed E-state index contributed by atoms with van der Waals surface area (Å²) in [4.78, 5) is 70.5. The van der Waals surface area contributed by atoms with Crippen LogP contribution in [0.15, 0.2) is 18.2 Å². The van der Waals surface area contributed by atoms with Gasteiger partial charge in [0.2, 0.25) is 11.5 Å². The first-order valence-electron chi connectivity index (χ1n) is 13.7. The number of carbonyl (C=O) groups excluding carboxylic acids is 3. The molecule has 1 aliphatic heterocycles. The second-order valence-electron chi connectivity index (χ2n) is 10.2. The molecule has 1 unspecified atom stereocenters. The van der Waals surface area contributed by atoms with Crippen LogP contribution >= 0.6 is 0 Å². The predicted octanol–water partition coefficient (Wildman–Crippen LogP) is 1.98. The predicted molar refractivity (Wildman–Crippen MR) is 146 cm³/mol. The molecular weight excluding hydrogens is 552 g/mol. The van der Waals surface area contributed by atoms with Crippen molar-refractivity contribution in [1.29, 1.82) is 0 Å². The molecule has 1 aromatic heterocycles. The summed E-state index contributed by atoms with van der Waals surface area (Å²) in [7, 11) is 1.44. The molecule has 226 valence electrons. The van der Waals surface area contributed by atoms with Crippen LogP contribution in [-0.2, 0) is 19.1 Å². The normalized spacial score (nSPS) is 16.7. The third kappa shape index (κ3) is 6.02. The Bertz CT molecular complexity index is 1400. The van der Waals surface area contributed by atoms with Crippen LogP contribution in [0.4, 0.5) is 4.79 Å². The van der Waals surface area contributed by atoms with E-state index in [2.05, 4.69) is 4.98 Å². The van der Waals surface area contributed by atoms with Crippen molar-refractivity contribution in [3.8, 4) is 11.5 Å². The molecule has 14 nitrogen and oxygen atoms in total. The zero-order chi connectivity index (χ0) is 30.6. The zero-order valence-electron chi connectivity index (χ0n) is 23.5. The third-order valence-corrected chi connectivity index (χ3v) is 7.66. The number of piperazine rings is 1. The summed E-state index contributed by atoms with van der Waals surface area (Å²) in [6.45, 7) is 2.55. The minimum Gasteiger partial charge on any atom is -0.497 e. The van der Waals surface area contributed by atoms with Crippen LogP contribution < -0.4 is 15.2 Å². The van der Waals surface area contributed by atoms with Crippen molar-refractivity contribution in [2.24, 2.45) is 5.73 Å². The van der Waals surface area contributed by atoms with E-state index >= 15 is 0 Å². The summed E-state index contributed by atoms with van der Waals surface area (Å²) in [6.07, 6.45) is -0.162. The molecule has 2 aliphatic rings. The monoisotopic (exact) mass is 586 g/mol. The Kier molecular flexibility index (Phi) is 9.02. The lowest BCUT2D eigenvalue weighted by Gasteiger charge is -2.39. The van der Waals surface area contributed by atoms with Crippen molar-refractivity contribution >= 4 is 40.7 Å². The highest BCUT2D eigenvalue weighted by atomic mass is 16.6. The van der Waals surface area contributed by atoms with Crippen molar-refractivity contribution in [3.05, 3.63) is 29.5 Å². The van der Waals surface area contributed by atoms with E-state index in [0.29, 0.717) is 12.2 Å². The van der Waals surface area contributed by atoms with Crippen LogP contribution in [0.5, 0.6) is 11.5 Å². The van der Waals surface area contributed by atoms with Crippen LogP contribution in [0.25, 0.3) is 10.9 Å². The van der Waals surface area contributed by atoms with Gasteiger partial charge in [-0.15, -0.1) is 0 Å². The second-order valence-corrected chi connectivity index (χ2v) is 10.2. The molecule has 2 heterocycles. The smallest absolute Gasteiger partial charge is 0.409 e. The number of hydrogen-bond acceptors (Lipinski definition) is 9. The quantitative estimate of drug-likeness (QED) is 0.348. The summed E-state index contributed by atoms with van der Waals surface area (Å²) in [5.74, 6) is -4.87. The van der Waals surface area contributed by atoms with E-state index < -0.39 is 47.8 Å². The van der Waals surface area contributed by atoms with Gasteiger partial charge in [0.1, 0.15) is 17.1 Å². The van der Waals surface area contributed by atoms with Gasteiger partial charge in [-0.3, -0.25) is 19.4 Å². The lowest BCUT2D eigenvalue weighted by atomic mass is 9.80. The molecule has 4 N–H and O–H groups in total. The molecule has 0 spiro atoms. The molecule has 14 heteroatoms. The first-order chi connectivity index (χ1) is 20.0. The van der Waals surface area contributed by atoms with E-state index in [1.165, 1.54) is 16.9 Å². The van der Waals surface area contributed by atoms with Gasteiger partial charge in [-0.1, -0.05) is 0 Å². The maximum Gasteiger partial charge on any atom is 0.409 e. The SMILES string of the molecule is CCOC(=O)N1CCN(C(=O)C(CCC(=O)O)c2nc3cc(OC)ccc3c(OC3(C(=O)O)CCC3)c2C(N)=O)CC1. The number of fused-ring (bicyclic) bond motifs is 1. The first kappa shape index (κ1) is 30.3. The molecule has 42 heavy (non-hydrogen) atoms. The van der Waals surface area contributed by atoms with Crippen LogP contribution in [0.1, 0.15) is 61.0 Å². The van der Waals surface area contributed by atoms with E-state index in [1.807, 2.05) is 0 Å². The van der Waals surface area contributed by atoms with Crippen LogP contribution in [-0.4, -0.2) is 100 Å². The number of rotatable bonds is 11. The highest BCUT2D eigenvalue weighted by Gasteiger charge is 2.48. The largest absolute Gasteiger partial charge is 0.497 e. The highest BCUT2D eigenvalue weighted by molar-refractivity contribution is 6.05. The van der Waals surface area contributed by atoms with E-state index in [0.717, 1.165) is 0 Å². The number of carboxylic acids is 2. The number of aromatic nitrogens is 1. The van der Waals surface area contributed by atoms with Gasteiger partial charge in [0, 0.05) is 44.1 Å². The third-order valence-electron chi connectivity index (χ3n) is 7.66. The number of nitrogens with two attached hydrogens (primary N) is 1. The minimum absolute atomic E-state index is 0.114. The molecule has 1 atom stereocenters. The van der Waals surface area contributed by atoms with E-state index in [9.17, 15) is 34.2 Å². The fourth-order valence-corrected chi connectivity index (χ4v) is 5.20. The Morgan fingerprint density at radius 2 is 1.74 bits per heavy atom. The molecule has 1 aliphatic carbocycles. The van der Waals surface area contributed by atoms with Gasteiger partial charge in [0.15, 0.2) is 0 Å². The fraction of sp³-hybridized carbons (Fsp3) is 0.500. The van der Waals surface area contributed by atoms with Crippen molar-refractivity contribution in [3.63, 3.8) is 0 Å². The van der Waals surface area contributed by atoms with Crippen molar-refractivity contribution in [1.82, 2.24) is 14.8 Å². The summed E-state index contributed by atoms with van der Waals surface area (Å²) < 4.78 is 16.5. The molecule has 2 fully saturated rings. The van der Waals surface area contributed by atoms with Gasteiger partial charge < -0.3 is 40.0 Å². The molecule has 3 amide bonds. The minimum atomic E-state index is -1.60. The van der Waals surface area contributed by atoms with Gasteiger partial charge >= 0.3 is 18.0 Å². The number of pyridine rings is 1. The molecular formula is C28H34N4O10. The maximum atomic E-state index is 14.0. The fourth-order valence-electron chi connectivity index (χ4n) is 5.20. The Morgan fingerprint density at radius 3 is 2.26 bits per heavy atom. The number of methoxy groups -OCH3 is 1. The number of amides is 3. The molecule has 1 aromatic carbocycles. The van der Waals surface area contributed by atoms with Gasteiger partial charge in [-0.05, 0) is 44.7 Å². The van der Waals surface area contributed by atoms with Crippen LogP contribution in [0.3, 0.4) is 0 Å². The van der Waals surface area contributed by atoms with Crippen molar-refractivity contribution in [2.75, 3.05) is 39.9 Å². The first-order valence-corrected chi connectivity index (χ1v) is 13.7. The topological polar surface area (TPSA) is 199 Å². The maximum absolute atomic E-state index is 14.0. The van der Waals surface area contributed by atoms with E-state index in [1.54, 1.807) is 25.1 Å². The number of benzene rings is 1. The number of carboxylic acid groups (broad SMARTS) is 2. The van der Waals surface area contributed by atoms with Crippen LogP contribution in [0.2, 0.25) is 0 Å². The van der Waals surface area contributed by atoms with E-state index in [-0.39, 0.29) is 80.0 Å². The lowest BCUT2D eigenvalue weighted by Crippen LogP contribution is -2.52. The Morgan fingerprint density at radius 1 is 1.07 bits per heavy atom. The summed E-state index contributed by atoms with van der Waals surface area (Å²) in [5, 5.41) is 19.7. The van der Waals surface area contributed by atoms with Crippen molar-refractivity contribution in [2.45, 2.75) is 50.5 Å². The Balaban J connectivity index is 1.83. The van der Waals surface area contributed by atoms with Gasteiger partial charge in [-0.2, -0.15) is 0 Å². The summed E-state index contributed by atoms with van der Waals surface area (Å²) in [5.41, 5.74) is 4.08. The Hall–Kier alpha value is -4.62. The van der Waals surface area contributed by atoms with Gasteiger partial charge in [0.25, 0.3) is 5.91 Å². The van der Waals surface area contributed by atoms with Crippen LogP contribution in [0, 0.1) is 0 Å². The average Bonchev–Trinajstić information content (AvgIpc) is 2.93. The zero-order valence-corrected chi connectivity index (χ0v) is 23.5. The number of ether oxygens (including phenoxy) is 3. The number of carbonyl (C=O) groups is 5. The number of primary amides is 1. The standard InChI is InChI=1S/C28H34N4O10/c1-3-41-27(39)32-13-11-31(12-14-32)25(36)18(7-8-20(33)34)22-21(24(29)35)23(42-28(26(37)38)9-4-10-28)17-6-5-16(40-2)15-19(17)30-22/h5-6,15,18H,3-4,7-14H2,1-2H3,(H2,29,35)(H,33,34)(H,37,38). The number of aliphatic carboxylic acids is 2. The molecule has 1 saturated heterocycles. The summed E-state index contributed by atoms with van der Waals surface area (Å²) in [6, 6.07) is 4.69.